The second-order valence-electron chi connectivity index (χ2n) is 4.08. The van der Waals surface area contributed by atoms with Gasteiger partial charge in [-0.25, -0.2) is 16.8 Å². The van der Waals surface area contributed by atoms with Crippen molar-refractivity contribution in [3.05, 3.63) is 48.5 Å². The SMILES string of the molecule is O=S(=O)([O-])c1ccc(Nc2ccc(S(=O)(=O)[O-])cc2)cc1.[Na+].[Na+]. The average Bonchev–Trinajstić information content (AvgIpc) is 2.38. The molecule has 11 heteroatoms. The molecule has 0 heterocycles. The summed E-state index contributed by atoms with van der Waals surface area (Å²) in [6, 6.07) is 10.2. The molecule has 2 aromatic rings. The molecule has 0 amide bonds. The number of rotatable bonds is 4. The zero-order valence-corrected chi connectivity index (χ0v) is 18.0. The average molecular weight is 373 g/mol. The van der Waals surface area contributed by atoms with Crippen LogP contribution in [0.5, 0.6) is 0 Å². The van der Waals surface area contributed by atoms with Crippen molar-refractivity contribution in [1.29, 1.82) is 0 Å². The van der Waals surface area contributed by atoms with Crippen molar-refractivity contribution in [2.75, 3.05) is 5.32 Å². The molecule has 2 aromatic carbocycles. The Morgan fingerprint density at radius 2 is 0.870 bits per heavy atom. The molecule has 0 aromatic heterocycles. The summed E-state index contributed by atoms with van der Waals surface area (Å²) >= 11 is 0. The fraction of sp³-hybridized carbons (Fsp3) is 0. The van der Waals surface area contributed by atoms with Crippen LogP contribution < -0.4 is 64.4 Å². The molecule has 0 saturated carbocycles. The maximum Gasteiger partial charge on any atom is 1.00 e. The van der Waals surface area contributed by atoms with Gasteiger partial charge in [0.2, 0.25) is 0 Å². The fourth-order valence-electron chi connectivity index (χ4n) is 1.58. The Morgan fingerprint density at radius 1 is 0.609 bits per heavy atom. The van der Waals surface area contributed by atoms with Crippen molar-refractivity contribution in [3.8, 4) is 0 Å². The third-order valence-electron chi connectivity index (χ3n) is 2.57. The van der Waals surface area contributed by atoms with Crippen LogP contribution in [0, 0.1) is 0 Å². The first-order valence-electron chi connectivity index (χ1n) is 5.55. The molecule has 23 heavy (non-hydrogen) atoms. The summed E-state index contributed by atoms with van der Waals surface area (Å²) < 4.78 is 64.6. The molecule has 0 saturated heterocycles. The van der Waals surface area contributed by atoms with Crippen LogP contribution in [0.25, 0.3) is 0 Å². The first kappa shape index (κ1) is 23.1. The van der Waals surface area contributed by atoms with Gasteiger partial charge in [-0.3, -0.25) is 0 Å². The zero-order chi connectivity index (χ0) is 15.7. The van der Waals surface area contributed by atoms with E-state index >= 15 is 0 Å². The van der Waals surface area contributed by atoms with Gasteiger partial charge in [-0.1, -0.05) is 0 Å². The van der Waals surface area contributed by atoms with E-state index in [4.69, 9.17) is 0 Å². The van der Waals surface area contributed by atoms with E-state index in [-0.39, 0.29) is 68.9 Å². The summed E-state index contributed by atoms with van der Waals surface area (Å²) in [5.74, 6) is 0. The third kappa shape index (κ3) is 6.83. The molecule has 0 aliphatic rings. The minimum atomic E-state index is -4.49. The van der Waals surface area contributed by atoms with Gasteiger partial charge in [0.1, 0.15) is 20.2 Å². The monoisotopic (exact) mass is 373 g/mol. The Bertz CT molecular complexity index is 776. The Morgan fingerprint density at radius 3 is 1.09 bits per heavy atom. The summed E-state index contributed by atoms with van der Waals surface area (Å²) in [7, 11) is -8.99. The second kappa shape index (κ2) is 8.95. The molecular weight excluding hydrogens is 364 g/mol. The molecule has 0 bridgehead atoms. The van der Waals surface area contributed by atoms with E-state index in [1.165, 1.54) is 24.3 Å². The maximum absolute atomic E-state index is 10.8. The molecule has 0 aliphatic carbocycles. The first-order chi connectivity index (χ1) is 9.66. The summed E-state index contributed by atoms with van der Waals surface area (Å²) in [6.07, 6.45) is 0. The van der Waals surface area contributed by atoms with Gasteiger partial charge in [0.05, 0.1) is 9.79 Å². The van der Waals surface area contributed by atoms with E-state index in [9.17, 15) is 25.9 Å². The van der Waals surface area contributed by atoms with Crippen LogP contribution in [0.3, 0.4) is 0 Å². The largest absolute Gasteiger partial charge is 1.00 e. The first-order valence-corrected chi connectivity index (χ1v) is 8.37. The number of hydrogen-bond acceptors (Lipinski definition) is 7. The molecule has 0 aliphatic heterocycles. The molecule has 1 N–H and O–H groups in total. The van der Waals surface area contributed by atoms with E-state index in [0.717, 1.165) is 24.3 Å². The van der Waals surface area contributed by atoms with Crippen LogP contribution in [0.2, 0.25) is 0 Å². The van der Waals surface area contributed by atoms with Gasteiger partial charge in [0, 0.05) is 11.4 Å². The normalized spacial score (nSPS) is 11.0. The van der Waals surface area contributed by atoms with E-state index in [2.05, 4.69) is 5.32 Å². The minimum Gasteiger partial charge on any atom is -0.744 e. The van der Waals surface area contributed by atoms with Gasteiger partial charge in [0.25, 0.3) is 0 Å². The van der Waals surface area contributed by atoms with Gasteiger partial charge >= 0.3 is 59.1 Å². The summed E-state index contributed by atoms with van der Waals surface area (Å²) in [6.45, 7) is 0. The molecule has 0 atom stereocenters. The third-order valence-corrected chi connectivity index (χ3v) is 4.27. The van der Waals surface area contributed by atoms with Gasteiger partial charge in [-0.05, 0) is 48.5 Å². The quantitative estimate of drug-likeness (QED) is 0.421. The molecule has 0 radical (unpaired) electrons. The predicted molar refractivity (Wildman–Crippen MR) is 72.1 cm³/mol. The van der Waals surface area contributed by atoms with Crippen molar-refractivity contribution in [1.82, 2.24) is 0 Å². The Labute approximate surface area is 178 Å². The van der Waals surface area contributed by atoms with Gasteiger partial charge in [0.15, 0.2) is 0 Å². The van der Waals surface area contributed by atoms with Gasteiger partial charge < -0.3 is 14.4 Å². The molecule has 0 unspecified atom stereocenters. The van der Waals surface area contributed by atoms with Crippen molar-refractivity contribution in [2.24, 2.45) is 0 Å². The predicted octanol–water partition coefficient (Wildman–Crippen LogP) is -4.75. The maximum atomic E-state index is 10.8. The van der Waals surface area contributed by atoms with Gasteiger partial charge in [-0.15, -0.1) is 0 Å². The summed E-state index contributed by atoms with van der Waals surface area (Å²) in [4.78, 5) is -0.693. The Balaban J connectivity index is 0.00000242. The molecule has 0 fully saturated rings. The van der Waals surface area contributed by atoms with Crippen molar-refractivity contribution >= 4 is 31.6 Å². The van der Waals surface area contributed by atoms with Crippen LogP contribution in [-0.2, 0) is 20.2 Å². The van der Waals surface area contributed by atoms with Crippen molar-refractivity contribution in [2.45, 2.75) is 9.79 Å². The summed E-state index contributed by atoms with van der Waals surface area (Å²) in [5, 5.41) is 2.87. The topological polar surface area (TPSA) is 126 Å². The van der Waals surface area contributed by atoms with Crippen LogP contribution in [0.4, 0.5) is 11.4 Å². The second-order valence-corrected chi connectivity index (χ2v) is 6.84. The van der Waals surface area contributed by atoms with Crippen molar-refractivity contribution < 1.29 is 85.1 Å². The molecule has 0 spiro atoms. The van der Waals surface area contributed by atoms with E-state index in [1.54, 1.807) is 0 Å². The van der Waals surface area contributed by atoms with Crippen LogP contribution >= 0.6 is 0 Å². The van der Waals surface area contributed by atoms with Crippen LogP contribution in [0.1, 0.15) is 0 Å². The van der Waals surface area contributed by atoms with Crippen LogP contribution in [0.15, 0.2) is 58.3 Å². The molecule has 112 valence electrons. The van der Waals surface area contributed by atoms with Crippen LogP contribution in [-0.4, -0.2) is 25.9 Å². The fourth-order valence-corrected chi connectivity index (χ4v) is 2.52. The smallest absolute Gasteiger partial charge is 0.744 e. The van der Waals surface area contributed by atoms with Gasteiger partial charge in [-0.2, -0.15) is 0 Å². The van der Waals surface area contributed by atoms with E-state index in [1.807, 2.05) is 0 Å². The molecular formula is C12H9NNa2O6S2. The number of hydrogen-bond donors (Lipinski definition) is 1. The summed E-state index contributed by atoms with van der Waals surface area (Å²) in [5.41, 5.74) is 1.00. The molecule has 2 rings (SSSR count). The van der Waals surface area contributed by atoms with E-state index < -0.39 is 20.2 Å². The zero-order valence-electron chi connectivity index (χ0n) is 12.4. The van der Waals surface area contributed by atoms with Crippen molar-refractivity contribution in [3.63, 3.8) is 0 Å². The Hall–Kier alpha value is 0.0600. The number of nitrogens with one attached hydrogen (secondary N) is 1. The molecule has 7 nitrogen and oxygen atoms in total. The number of anilines is 2. The standard InChI is InChI=1S/C12H11NO6S2.2Na/c14-20(15,16)11-5-1-9(2-6-11)13-10-3-7-12(8-4-10)21(17,18)19;;/h1-8,13H,(H,14,15,16)(H,17,18,19);;/q;2*+1/p-2. The Kier molecular flexibility index (Phi) is 8.98. The number of benzene rings is 2. The van der Waals surface area contributed by atoms with E-state index in [0.29, 0.717) is 11.4 Å². The minimum absolute atomic E-state index is 0.